The number of unbranched alkanes of at least 4 members (excludes halogenated alkanes) is 4. The summed E-state index contributed by atoms with van der Waals surface area (Å²) >= 11 is 0. The van der Waals surface area contributed by atoms with Crippen molar-refractivity contribution in [1.29, 1.82) is 0 Å². The first-order chi connectivity index (χ1) is 9.56. The molecule has 0 bridgehead atoms. The van der Waals surface area contributed by atoms with Crippen molar-refractivity contribution in [2.45, 2.75) is 45.4 Å². The van der Waals surface area contributed by atoms with Crippen LogP contribution >= 0.6 is 0 Å². The minimum absolute atomic E-state index is 0.0363. The van der Waals surface area contributed by atoms with Crippen molar-refractivity contribution >= 4 is 17.3 Å². The lowest BCUT2D eigenvalue weighted by Gasteiger charge is -2.17. The highest BCUT2D eigenvalue weighted by molar-refractivity contribution is 5.92. The lowest BCUT2D eigenvalue weighted by atomic mass is 10.1. The van der Waals surface area contributed by atoms with Crippen molar-refractivity contribution in [1.82, 2.24) is 0 Å². The number of carbonyl (C=O) groups excluding carboxylic acids is 1. The van der Waals surface area contributed by atoms with Crippen LogP contribution in [-0.4, -0.2) is 17.9 Å². The summed E-state index contributed by atoms with van der Waals surface area (Å²) in [5, 5.41) is 10.6. The Morgan fingerprint density at radius 2 is 1.75 bits per heavy atom. The molecule has 5 nitrogen and oxygen atoms in total. The van der Waals surface area contributed by atoms with Gasteiger partial charge in [0.1, 0.15) is 0 Å². The van der Waals surface area contributed by atoms with E-state index in [1.54, 1.807) is 24.1 Å². The molecule has 0 aliphatic heterocycles. The Morgan fingerprint density at radius 1 is 1.15 bits per heavy atom. The van der Waals surface area contributed by atoms with Crippen LogP contribution in [0.1, 0.15) is 45.4 Å². The van der Waals surface area contributed by atoms with Gasteiger partial charge in [0.05, 0.1) is 4.92 Å². The molecule has 20 heavy (non-hydrogen) atoms. The highest BCUT2D eigenvalue weighted by atomic mass is 16.6. The molecule has 0 spiro atoms. The molecule has 0 aromatic heterocycles. The number of hydrogen-bond donors (Lipinski definition) is 0. The van der Waals surface area contributed by atoms with Crippen molar-refractivity contribution in [2.24, 2.45) is 0 Å². The molecule has 1 amide bonds. The van der Waals surface area contributed by atoms with Gasteiger partial charge in [-0.15, -0.1) is 0 Å². The second-order valence-corrected chi connectivity index (χ2v) is 4.89. The monoisotopic (exact) mass is 278 g/mol. The molecular weight excluding hydrogens is 256 g/mol. The normalized spacial score (nSPS) is 10.3. The van der Waals surface area contributed by atoms with Crippen molar-refractivity contribution < 1.29 is 9.72 Å². The third-order valence-corrected chi connectivity index (χ3v) is 3.32. The van der Waals surface area contributed by atoms with Gasteiger partial charge in [0, 0.05) is 31.3 Å². The number of amides is 1. The SMILES string of the molecule is CCCCCCCC(=O)N(C)c1ccc([N+](=O)[O-])cc1. The Hall–Kier alpha value is -1.91. The average molecular weight is 278 g/mol. The van der Waals surface area contributed by atoms with Gasteiger partial charge in [-0.25, -0.2) is 0 Å². The fourth-order valence-corrected chi connectivity index (χ4v) is 1.99. The van der Waals surface area contributed by atoms with Gasteiger partial charge in [-0.2, -0.15) is 0 Å². The first kappa shape index (κ1) is 16.1. The number of nitro groups is 1. The summed E-state index contributed by atoms with van der Waals surface area (Å²) < 4.78 is 0. The lowest BCUT2D eigenvalue weighted by molar-refractivity contribution is -0.384. The molecule has 1 aromatic rings. The van der Waals surface area contributed by atoms with E-state index in [9.17, 15) is 14.9 Å². The van der Waals surface area contributed by atoms with Crippen molar-refractivity contribution in [3.63, 3.8) is 0 Å². The molecule has 0 N–H and O–H groups in total. The average Bonchev–Trinajstić information content (AvgIpc) is 2.46. The fraction of sp³-hybridized carbons (Fsp3) is 0.533. The molecule has 1 rings (SSSR count). The van der Waals surface area contributed by atoms with E-state index in [2.05, 4.69) is 6.92 Å². The Labute approximate surface area is 119 Å². The number of hydrogen-bond acceptors (Lipinski definition) is 3. The Balaban J connectivity index is 2.45. The van der Waals surface area contributed by atoms with E-state index in [0.29, 0.717) is 12.1 Å². The predicted octanol–water partition coefficient (Wildman–Crippen LogP) is 3.92. The summed E-state index contributed by atoms with van der Waals surface area (Å²) in [6.45, 7) is 2.16. The molecule has 0 radical (unpaired) electrons. The summed E-state index contributed by atoms with van der Waals surface area (Å²) in [7, 11) is 1.70. The number of non-ortho nitro benzene ring substituents is 1. The van der Waals surface area contributed by atoms with Crippen LogP contribution < -0.4 is 4.90 Å². The van der Waals surface area contributed by atoms with Gasteiger partial charge in [0.2, 0.25) is 5.91 Å². The van der Waals surface area contributed by atoms with Gasteiger partial charge in [0.25, 0.3) is 5.69 Å². The molecule has 0 aliphatic carbocycles. The third-order valence-electron chi connectivity index (χ3n) is 3.32. The molecule has 0 fully saturated rings. The van der Waals surface area contributed by atoms with Crippen molar-refractivity contribution in [2.75, 3.05) is 11.9 Å². The van der Waals surface area contributed by atoms with E-state index in [4.69, 9.17) is 0 Å². The van der Waals surface area contributed by atoms with E-state index in [-0.39, 0.29) is 11.6 Å². The van der Waals surface area contributed by atoms with Crippen LogP contribution in [0.2, 0.25) is 0 Å². The largest absolute Gasteiger partial charge is 0.315 e. The minimum Gasteiger partial charge on any atom is -0.315 e. The maximum atomic E-state index is 12.0. The topological polar surface area (TPSA) is 63.5 Å². The molecular formula is C15H22N2O3. The highest BCUT2D eigenvalue weighted by Crippen LogP contribution is 2.19. The van der Waals surface area contributed by atoms with Crippen molar-refractivity contribution in [3.8, 4) is 0 Å². The third kappa shape index (κ3) is 4.99. The van der Waals surface area contributed by atoms with E-state index in [1.807, 2.05) is 0 Å². The smallest absolute Gasteiger partial charge is 0.269 e. The lowest BCUT2D eigenvalue weighted by Crippen LogP contribution is -2.25. The summed E-state index contributed by atoms with van der Waals surface area (Å²) in [5.41, 5.74) is 0.725. The first-order valence-electron chi connectivity index (χ1n) is 7.07. The second kappa shape index (κ2) is 8.30. The number of nitrogens with zero attached hydrogens (tertiary/aromatic N) is 2. The number of nitro benzene ring substituents is 1. The quantitative estimate of drug-likeness (QED) is 0.411. The number of anilines is 1. The summed E-state index contributed by atoms with van der Waals surface area (Å²) in [4.78, 5) is 23.7. The minimum atomic E-state index is -0.445. The maximum absolute atomic E-state index is 12.0. The van der Waals surface area contributed by atoms with Crippen LogP contribution in [0.5, 0.6) is 0 Å². The summed E-state index contributed by atoms with van der Waals surface area (Å²) in [6.07, 6.45) is 6.08. The van der Waals surface area contributed by atoms with Gasteiger partial charge >= 0.3 is 0 Å². The van der Waals surface area contributed by atoms with Crippen LogP contribution in [0, 0.1) is 10.1 Å². The highest BCUT2D eigenvalue weighted by Gasteiger charge is 2.12. The second-order valence-electron chi connectivity index (χ2n) is 4.89. The van der Waals surface area contributed by atoms with Crippen LogP contribution in [0.4, 0.5) is 11.4 Å². The molecule has 0 atom stereocenters. The van der Waals surface area contributed by atoms with Gasteiger partial charge in [0.15, 0.2) is 0 Å². The summed E-state index contributed by atoms with van der Waals surface area (Å²) in [5.74, 6) is 0.0513. The van der Waals surface area contributed by atoms with Gasteiger partial charge < -0.3 is 4.90 Å². The molecule has 0 heterocycles. The number of rotatable bonds is 8. The maximum Gasteiger partial charge on any atom is 0.269 e. The van der Waals surface area contributed by atoms with Gasteiger partial charge in [-0.1, -0.05) is 32.6 Å². The first-order valence-corrected chi connectivity index (χ1v) is 7.07. The molecule has 5 heteroatoms. The number of benzene rings is 1. The van der Waals surface area contributed by atoms with Crippen LogP contribution in [0.25, 0.3) is 0 Å². The summed E-state index contributed by atoms with van der Waals surface area (Å²) in [6, 6.07) is 6.04. The Kier molecular flexibility index (Phi) is 6.70. The Bertz CT molecular complexity index is 443. The standard InChI is InChI=1S/C15H22N2O3/c1-3-4-5-6-7-8-15(18)16(2)13-9-11-14(12-10-13)17(19)20/h9-12H,3-8H2,1-2H3. The number of carbonyl (C=O) groups is 1. The molecule has 110 valence electrons. The zero-order valence-electron chi connectivity index (χ0n) is 12.2. The van der Waals surface area contributed by atoms with Gasteiger partial charge in [-0.3, -0.25) is 14.9 Å². The molecule has 0 unspecified atom stereocenters. The van der Waals surface area contributed by atoms with E-state index >= 15 is 0 Å². The van der Waals surface area contributed by atoms with Crippen LogP contribution in [0.3, 0.4) is 0 Å². The molecule has 0 saturated carbocycles. The predicted molar refractivity (Wildman–Crippen MR) is 79.9 cm³/mol. The van der Waals surface area contributed by atoms with Crippen LogP contribution in [0.15, 0.2) is 24.3 Å². The van der Waals surface area contributed by atoms with E-state index in [0.717, 1.165) is 12.8 Å². The molecule has 0 aliphatic rings. The fourth-order valence-electron chi connectivity index (χ4n) is 1.99. The van der Waals surface area contributed by atoms with Crippen LogP contribution in [-0.2, 0) is 4.79 Å². The zero-order chi connectivity index (χ0) is 15.0. The van der Waals surface area contributed by atoms with E-state index in [1.165, 1.54) is 31.4 Å². The Morgan fingerprint density at radius 3 is 2.30 bits per heavy atom. The molecule has 1 aromatic carbocycles. The van der Waals surface area contributed by atoms with Gasteiger partial charge in [-0.05, 0) is 18.6 Å². The molecule has 0 saturated heterocycles. The van der Waals surface area contributed by atoms with Crippen molar-refractivity contribution in [3.05, 3.63) is 34.4 Å². The zero-order valence-corrected chi connectivity index (χ0v) is 12.2. The van der Waals surface area contributed by atoms with E-state index < -0.39 is 4.92 Å².